The highest BCUT2D eigenvalue weighted by Crippen LogP contribution is 2.43. The molecule has 86 valence electrons. The summed E-state index contributed by atoms with van der Waals surface area (Å²) in [6.45, 7) is 4.71. The average Bonchev–Trinajstić information content (AvgIpc) is 2.63. The Kier molecular flexibility index (Phi) is 2.21. The fraction of sp³-hybridized carbons (Fsp3) is 0.571. The highest BCUT2D eigenvalue weighted by Gasteiger charge is 2.37. The molecule has 0 spiro atoms. The fourth-order valence-electron chi connectivity index (χ4n) is 3.63. The molecule has 1 aliphatic heterocycles. The first kappa shape index (κ1) is 10.2. The van der Waals surface area contributed by atoms with Crippen LogP contribution in [-0.4, -0.2) is 25.0 Å². The van der Waals surface area contributed by atoms with E-state index in [-0.39, 0.29) is 0 Å². The average molecular weight is 216 g/mol. The highest BCUT2D eigenvalue weighted by molar-refractivity contribution is 5.56. The number of hydrogen-bond acceptors (Lipinski definition) is 2. The summed E-state index contributed by atoms with van der Waals surface area (Å²) in [5.74, 6) is 1.59. The minimum atomic E-state index is 0.734. The van der Waals surface area contributed by atoms with Crippen molar-refractivity contribution in [3.63, 3.8) is 0 Å². The van der Waals surface area contributed by atoms with Gasteiger partial charge in [-0.25, -0.2) is 0 Å². The molecule has 1 aromatic carbocycles. The Balaban J connectivity index is 2.11. The molecule has 2 atom stereocenters. The van der Waals surface area contributed by atoms with E-state index in [1.165, 1.54) is 37.1 Å². The molecule has 0 bridgehead atoms. The van der Waals surface area contributed by atoms with Crippen molar-refractivity contribution in [3.8, 4) is 0 Å². The zero-order valence-corrected chi connectivity index (χ0v) is 10.2. The van der Waals surface area contributed by atoms with Crippen LogP contribution in [0.1, 0.15) is 29.0 Å². The molecule has 1 fully saturated rings. The van der Waals surface area contributed by atoms with Gasteiger partial charge < -0.3 is 10.6 Å². The van der Waals surface area contributed by atoms with Crippen LogP contribution in [0.15, 0.2) is 12.1 Å². The third-order valence-corrected chi connectivity index (χ3v) is 4.37. The largest absolute Gasteiger partial charge is 0.398 e. The van der Waals surface area contributed by atoms with E-state index >= 15 is 0 Å². The van der Waals surface area contributed by atoms with E-state index in [0.717, 1.165) is 17.5 Å². The van der Waals surface area contributed by atoms with Crippen LogP contribution in [0.3, 0.4) is 0 Å². The topological polar surface area (TPSA) is 29.3 Å². The lowest BCUT2D eigenvalue weighted by atomic mass is 9.75. The lowest BCUT2D eigenvalue weighted by molar-refractivity contribution is 0.387. The molecule has 0 radical (unpaired) electrons. The van der Waals surface area contributed by atoms with E-state index in [0.29, 0.717) is 0 Å². The summed E-state index contributed by atoms with van der Waals surface area (Å²) < 4.78 is 0. The summed E-state index contributed by atoms with van der Waals surface area (Å²) in [6, 6.07) is 4.27. The number of nitrogens with two attached hydrogens (primary N) is 1. The molecule has 2 heteroatoms. The van der Waals surface area contributed by atoms with E-state index in [1.54, 1.807) is 5.56 Å². The Hall–Kier alpha value is -1.02. The molecular weight excluding hydrogens is 196 g/mol. The van der Waals surface area contributed by atoms with Crippen LogP contribution in [0.5, 0.6) is 0 Å². The van der Waals surface area contributed by atoms with Crippen LogP contribution in [0.2, 0.25) is 0 Å². The van der Waals surface area contributed by atoms with Gasteiger partial charge in [-0.2, -0.15) is 0 Å². The minimum absolute atomic E-state index is 0.734. The molecule has 16 heavy (non-hydrogen) atoms. The highest BCUT2D eigenvalue weighted by atomic mass is 15.1. The monoisotopic (exact) mass is 216 g/mol. The van der Waals surface area contributed by atoms with Gasteiger partial charge >= 0.3 is 0 Å². The number of rotatable bonds is 0. The van der Waals surface area contributed by atoms with E-state index in [1.807, 2.05) is 0 Å². The maximum Gasteiger partial charge on any atom is 0.0349 e. The van der Waals surface area contributed by atoms with Gasteiger partial charge in [-0.1, -0.05) is 6.07 Å². The summed E-state index contributed by atoms with van der Waals surface area (Å²) >= 11 is 0. The maximum atomic E-state index is 6.11. The van der Waals surface area contributed by atoms with Crippen molar-refractivity contribution in [1.29, 1.82) is 0 Å². The van der Waals surface area contributed by atoms with Crippen LogP contribution in [0.4, 0.5) is 5.69 Å². The molecule has 3 rings (SSSR count). The van der Waals surface area contributed by atoms with Gasteiger partial charge in [0.05, 0.1) is 0 Å². The summed E-state index contributed by atoms with van der Waals surface area (Å²) in [5, 5.41) is 0. The molecule has 0 aromatic heterocycles. The number of likely N-dealkylation sites (tertiary alicyclic amines) is 1. The minimum Gasteiger partial charge on any atom is -0.398 e. The van der Waals surface area contributed by atoms with Crippen molar-refractivity contribution in [1.82, 2.24) is 4.90 Å². The summed E-state index contributed by atoms with van der Waals surface area (Å²) in [4.78, 5) is 2.47. The summed E-state index contributed by atoms with van der Waals surface area (Å²) in [5.41, 5.74) is 11.6. The van der Waals surface area contributed by atoms with Crippen LogP contribution in [-0.2, 0) is 6.42 Å². The number of nitrogens with zero attached hydrogens (tertiary/aromatic N) is 1. The lowest BCUT2D eigenvalue weighted by Crippen LogP contribution is -2.21. The first-order chi connectivity index (χ1) is 7.66. The SMILES string of the molecule is Cc1ccc(N)c2c1C1CN(C)CC1CC2. The standard InChI is InChI=1S/C14H20N2/c1-9-3-6-13(15)11-5-4-10-7-16(2)8-12(10)14(9)11/h3,6,10,12H,4-5,7-8,15H2,1-2H3. The smallest absolute Gasteiger partial charge is 0.0349 e. The molecule has 1 aliphatic carbocycles. The van der Waals surface area contributed by atoms with Crippen molar-refractivity contribution in [2.75, 3.05) is 25.9 Å². The quantitative estimate of drug-likeness (QED) is 0.673. The molecule has 2 aliphatic rings. The van der Waals surface area contributed by atoms with Crippen molar-refractivity contribution in [2.45, 2.75) is 25.7 Å². The molecule has 1 saturated heterocycles. The molecule has 0 saturated carbocycles. The molecule has 1 heterocycles. The van der Waals surface area contributed by atoms with Gasteiger partial charge in [0, 0.05) is 24.7 Å². The number of anilines is 1. The second kappa shape index (κ2) is 3.49. The molecule has 1 aromatic rings. The van der Waals surface area contributed by atoms with E-state index in [2.05, 4.69) is 31.0 Å². The maximum absolute atomic E-state index is 6.11. The lowest BCUT2D eigenvalue weighted by Gasteiger charge is -2.30. The predicted octanol–water partition coefficient (Wildman–Crippen LogP) is 2.17. The van der Waals surface area contributed by atoms with E-state index < -0.39 is 0 Å². The van der Waals surface area contributed by atoms with Gasteiger partial charge in [0.25, 0.3) is 0 Å². The Bertz CT molecular complexity index is 425. The van der Waals surface area contributed by atoms with Crippen LogP contribution >= 0.6 is 0 Å². The Morgan fingerprint density at radius 3 is 2.94 bits per heavy atom. The van der Waals surface area contributed by atoms with E-state index in [9.17, 15) is 0 Å². The van der Waals surface area contributed by atoms with Crippen LogP contribution < -0.4 is 5.73 Å². The van der Waals surface area contributed by atoms with Crippen LogP contribution in [0, 0.1) is 12.8 Å². The number of benzene rings is 1. The summed E-state index contributed by atoms with van der Waals surface area (Å²) in [6.07, 6.45) is 2.49. The fourth-order valence-corrected chi connectivity index (χ4v) is 3.63. The first-order valence-electron chi connectivity index (χ1n) is 6.23. The van der Waals surface area contributed by atoms with Gasteiger partial charge in [0.1, 0.15) is 0 Å². The number of hydrogen-bond donors (Lipinski definition) is 1. The number of fused-ring (bicyclic) bond motifs is 3. The summed E-state index contributed by atoms with van der Waals surface area (Å²) in [7, 11) is 2.24. The van der Waals surface area contributed by atoms with Gasteiger partial charge in [-0.05, 0) is 55.5 Å². The van der Waals surface area contributed by atoms with Crippen molar-refractivity contribution < 1.29 is 0 Å². The zero-order chi connectivity index (χ0) is 11.3. The zero-order valence-electron chi connectivity index (χ0n) is 10.2. The Morgan fingerprint density at radius 2 is 2.12 bits per heavy atom. The predicted molar refractivity (Wildman–Crippen MR) is 67.6 cm³/mol. The molecule has 0 amide bonds. The molecule has 2 unspecified atom stereocenters. The molecular formula is C14H20N2. The normalized spacial score (nSPS) is 28.9. The molecule has 2 N–H and O–H groups in total. The van der Waals surface area contributed by atoms with Gasteiger partial charge in [-0.3, -0.25) is 0 Å². The first-order valence-corrected chi connectivity index (χ1v) is 6.23. The van der Waals surface area contributed by atoms with Crippen molar-refractivity contribution in [2.24, 2.45) is 5.92 Å². The van der Waals surface area contributed by atoms with Crippen molar-refractivity contribution in [3.05, 3.63) is 28.8 Å². The Morgan fingerprint density at radius 1 is 1.31 bits per heavy atom. The second-order valence-corrected chi connectivity index (χ2v) is 5.49. The van der Waals surface area contributed by atoms with Gasteiger partial charge in [-0.15, -0.1) is 0 Å². The Labute approximate surface area is 97.4 Å². The van der Waals surface area contributed by atoms with Gasteiger partial charge in [0.15, 0.2) is 0 Å². The van der Waals surface area contributed by atoms with Crippen LogP contribution in [0.25, 0.3) is 0 Å². The number of nitrogen functional groups attached to an aromatic ring is 1. The van der Waals surface area contributed by atoms with E-state index in [4.69, 9.17) is 5.73 Å². The van der Waals surface area contributed by atoms with Gasteiger partial charge in [0.2, 0.25) is 0 Å². The third kappa shape index (κ3) is 1.36. The number of aryl methyl sites for hydroxylation is 1. The third-order valence-electron chi connectivity index (χ3n) is 4.37. The molecule has 2 nitrogen and oxygen atoms in total. The second-order valence-electron chi connectivity index (χ2n) is 5.49. The number of likely N-dealkylation sites (N-methyl/N-ethyl adjacent to an activating group) is 1. The van der Waals surface area contributed by atoms with Crippen molar-refractivity contribution >= 4 is 5.69 Å².